The molecule has 0 aliphatic heterocycles. The molecule has 0 unspecified atom stereocenters. The van der Waals surface area contributed by atoms with Crippen LogP contribution in [0, 0.1) is 0 Å². The van der Waals surface area contributed by atoms with Gasteiger partial charge >= 0.3 is 0 Å². The van der Waals surface area contributed by atoms with Crippen molar-refractivity contribution in [2.45, 2.75) is 13.0 Å². The summed E-state index contributed by atoms with van der Waals surface area (Å²) in [5.41, 5.74) is 1.14. The molecule has 0 saturated heterocycles. The molecule has 21 heavy (non-hydrogen) atoms. The number of furan rings is 1. The number of nitrogens with zero attached hydrogens (tertiary/aromatic N) is 1. The number of benzene rings is 1. The van der Waals surface area contributed by atoms with Crippen LogP contribution in [0.15, 0.2) is 52.1 Å². The Kier molecular flexibility index (Phi) is 5.70. The van der Waals surface area contributed by atoms with Gasteiger partial charge in [-0.3, -0.25) is 4.99 Å². The number of nitrogens with one attached hydrogen (secondary N) is 2. The molecule has 2 aromatic rings. The van der Waals surface area contributed by atoms with Gasteiger partial charge in [0.15, 0.2) is 5.96 Å². The van der Waals surface area contributed by atoms with E-state index in [2.05, 4.69) is 15.6 Å². The summed E-state index contributed by atoms with van der Waals surface area (Å²) < 4.78 is 10.5. The Labute approximate surface area is 125 Å². The summed E-state index contributed by atoms with van der Waals surface area (Å²) in [6.45, 7) is 1.46. The van der Waals surface area contributed by atoms with Crippen molar-refractivity contribution in [3.05, 3.63) is 54.0 Å². The molecule has 1 aromatic carbocycles. The number of hydrogen-bond donors (Lipinski definition) is 2. The molecule has 0 aliphatic rings. The van der Waals surface area contributed by atoms with Crippen molar-refractivity contribution >= 4 is 5.96 Å². The second-order valence-corrected chi connectivity index (χ2v) is 4.53. The molecule has 0 saturated carbocycles. The second kappa shape index (κ2) is 7.99. The minimum atomic E-state index is 0.692. The van der Waals surface area contributed by atoms with Crippen molar-refractivity contribution in [2.24, 2.45) is 4.99 Å². The lowest BCUT2D eigenvalue weighted by Crippen LogP contribution is -2.37. The van der Waals surface area contributed by atoms with E-state index in [1.54, 1.807) is 20.4 Å². The number of guanidine groups is 1. The minimum absolute atomic E-state index is 0.692. The first kappa shape index (κ1) is 15.0. The molecule has 2 rings (SSSR count). The third-order valence-corrected chi connectivity index (χ3v) is 3.06. The van der Waals surface area contributed by atoms with Crippen molar-refractivity contribution in [2.75, 3.05) is 20.7 Å². The van der Waals surface area contributed by atoms with E-state index in [1.165, 1.54) is 0 Å². The van der Waals surface area contributed by atoms with Crippen molar-refractivity contribution in [1.29, 1.82) is 0 Å². The minimum Gasteiger partial charge on any atom is -0.497 e. The first-order valence-electron chi connectivity index (χ1n) is 6.91. The summed E-state index contributed by atoms with van der Waals surface area (Å²) in [6, 6.07) is 11.8. The molecule has 0 bridgehead atoms. The lowest BCUT2D eigenvalue weighted by molar-refractivity contribution is 0.414. The fourth-order valence-corrected chi connectivity index (χ4v) is 1.95. The molecule has 0 amide bonds. The molecule has 1 aromatic heterocycles. The van der Waals surface area contributed by atoms with Gasteiger partial charge in [0.05, 0.1) is 13.4 Å². The average molecular weight is 287 g/mol. The van der Waals surface area contributed by atoms with E-state index in [-0.39, 0.29) is 0 Å². The van der Waals surface area contributed by atoms with E-state index in [0.717, 1.165) is 36.0 Å². The van der Waals surface area contributed by atoms with Crippen LogP contribution in [0.5, 0.6) is 5.75 Å². The van der Waals surface area contributed by atoms with Crippen molar-refractivity contribution < 1.29 is 9.15 Å². The summed E-state index contributed by atoms with van der Waals surface area (Å²) in [6.07, 6.45) is 2.51. The van der Waals surface area contributed by atoms with E-state index in [4.69, 9.17) is 9.15 Å². The van der Waals surface area contributed by atoms with E-state index in [1.807, 2.05) is 36.4 Å². The van der Waals surface area contributed by atoms with Gasteiger partial charge in [0, 0.05) is 26.6 Å². The van der Waals surface area contributed by atoms with Crippen LogP contribution in [0.25, 0.3) is 0 Å². The van der Waals surface area contributed by atoms with Gasteiger partial charge in [-0.15, -0.1) is 0 Å². The molecule has 5 heteroatoms. The van der Waals surface area contributed by atoms with Crippen LogP contribution in [-0.2, 0) is 13.0 Å². The monoisotopic (exact) mass is 287 g/mol. The summed E-state index contributed by atoms with van der Waals surface area (Å²) in [5, 5.41) is 6.52. The highest BCUT2D eigenvalue weighted by atomic mass is 16.5. The fourth-order valence-electron chi connectivity index (χ4n) is 1.95. The van der Waals surface area contributed by atoms with Crippen LogP contribution in [-0.4, -0.2) is 26.7 Å². The highest BCUT2D eigenvalue weighted by Crippen LogP contribution is 2.11. The van der Waals surface area contributed by atoms with Crippen LogP contribution < -0.4 is 15.4 Å². The van der Waals surface area contributed by atoms with Gasteiger partial charge in [-0.2, -0.15) is 0 Å². The van der Waals surface area contributed by atoms with E-state index >= 15 is 0 Å². The highest BCUT2D eigenvalue weighted by Gasteiger charge is 2.01. The van der Waals surface area contributed by atoms with Gasteiger partial charge in [-0.1, -0.05) is 12.1 Å². The lowest BCUT2D eigenvalue weighted by Gasteiger charge is -2.12. The van der Waals surface area contributed by atoms with Gasteiger partial charge in [-0.25, -0.2) is 0 Å². The summed E-state index contributed by atoms with van der Waals surface area (Å²) in [4.78, 5) is 4.20. The van der Waals surface area contributed by atoms with Crippen LogP contribution in [0.3, 0.4) is 0 Å². The predicted molar refractivity (Wildman–Crippen MR) is 83.6 cm³/mol. The maximum absolute atomic E-state index is 5.29. The molecular weight excluding hydrogens is 266 g/mol. The second-order valence-electron chi connectivity index (χ2n) is 4.53. The van der Waals surface area contributed by atoms with Crippen LogP contribution in [0.1, 0.15) is 11.3 Å². The SMILES string of the molecule is CN=C(NCCc1ccco1)NCc1cccc(OC)c1. The van der Waals surface area contributed by atoms with Crippen molar-refractivity contribution in [1.82, 2.24) is 10.6 Å². The standard InChI is InChI=1S/C16H21N3O2/c1-17-16(18-9-8-14-7-4-10-21-14)19-12-13-5-3-6-15(11-13)20-2/h3-7,10-11H,8-9,12H2,1-2H3,(H2,17,18,19). The molecule has 0 aliphatic carbocycles. The lowest BCUT2D eigenvalue weighted by atomic mass is 10.2. The normalized spacial score (nSPS) is 11.2. The molecule has 0 atom stereocenters. The molecule has 0 spiro atoms. The number of hydrogen-bond acceptors (Lipinski definition) is 3. The zero-order chi connectivity index (χ0) is 14.9. The Morgan fingerprint density at radius 1 is 1.24 bits per heavy atom. The third-order valence-electron chi connectivity index (χ3n) is 3.06. The largest absolute Gasteiger partial charge is 0.497 e. The van der Waals surface area contributed by atoms with Crippen molar-refractivity contribution in [3.63, 3.8) is 0 Å². The molecule has 5 nitrogen and oxygen atoms in total. The first-order chi connectivity index (χ1) is 10.3. The van der Waals surface area contributed by atoms with Gasteiger partial charge in [-0.05, 0) is 29.8 Å². The van der Waals surface area contributed by atoms with Crippen LogP contribution >= 0.6 is 0 Å². The Morgan fingerprint density at radius 3 is 2.86 bits per heavy atom. The Balaban J connectivity index is 1.76. The van der Waals surface area contributed by atoms with E-state index < -0.39 is 0 Å². The highest BCUT2D eigenvalue weighted by molar-refractivity contribution is 5.79. The topological polar surface area (TPSA) is 58.8 Å². The van der Waals surface area contributed by atoms with Gasteiger partial charge in [0.2, 0.25) is 0 Å². The molecule has 0 fully saturated rings. The smallest absolute Gasteiger partial charge is 0.191 e. The first-order valence-corrected chi connectivity index (χ1v) is 6.91. The zero-order valence-electron chi connectivity index (χ0n) is 12.4. The summed E-state index contributed by atoms with van der Waals surface area (Å²) in [5.74, 6) is 2.59. The van der Waals surface area contributed by atoms with Gasteiger partial charge in [0.25, 0.3) is 0 Å². The Hall–Kier alpha value is -2.43. The number of rotatable bonds is 6. The molecule has 0 radical (unpaired) electrons. The number of methoxy groups -OCH3 is 1. The van der Waals surface area contributed by atoms with Crippen LogP contribution in [0.2, 0.25) is 0 Å². The molecule has 2 N–H and O–H groups in total. The Morgan fingerprint density at radius 2 is 2.14 bits per heavy atom. The van der Waals surface area contributed by atoms with Crippen LogP contribution in [0.4, 0.5) is 0 Å². The molecular formula is C16H21N3O2. The third kappa shape index (κ3) is 4.87. The maximum atomic E-state index is 5.29. The summed E-state index contributed by atoms with van der Waals surface area (Å²) in [7, 11) is 3.43. The average Bonchev–Trinajstić information content (AvgIpc) is 3.04. The van der Waals surface area contributed by atoms with Crippen molar-refractivity contribution in [3.8, 4) is 5.75 Å². The number of aliphatic imine (C=N–C) groups is 1. The summed E-state index contributed by atoms with van der Waals surface area (Å²) >= 11 is 0. The van der Waals surface area contributed by atoms with E-state index in [0.29, 0.717) is 6.54 Å². The quantitative estimate of drug-likeness (QED) is 0.631. The Bertz CT molecular complexity index is 565. The molecule has 1 heterocycles. The number of ether oxygens (including phenoxy) is 1. The fraction of sp³-hybridized carbons (Fsp3) is 0.312. The van der Waals surface area contributed by atoms with Gasteiger partial charge < -0.3 is 19.8 Å². The predicted octanol–water partition coefficient (Wildman–Crippen LogP) is 2.20. The maximum Gasteiger partial charge on any atom is 0.191 e. The van der Waals surface area contributed by atoms with Gasteiger partial charge in [0.1, 0.15) is 11.5 Å². The van der Waals surface area contributed by atoms with E-state index in [9.17, 15) is 0 Å². The zero-order valence-corrected chi connectivity index (χ0v) is 12.4. The molecule has 112 valence electrons.